The van der Waals surface area contributed by atoms with Gasteiger partial charge in [0.05, 0.1) is 11.1 Å². The Morgan fingerprint density at radius 3 is 2.31 bits per heavy atom. The highest BCUT2D eigenvalue weighted by Crippen LogP contribution is 2.24. The summed E-state index contributed by atoms with van der Waals surface area (Å²) >= 11 is 0. The van der Waals surface area contributed by atoms with Gasteiger partial charge in [-0.15, -0.1) is 0 Å². The van der Waals surface area contributed by atoms with Crippen molar-refractivity contribution in [2.75, 3.05) is 27.2 Å². The van der Waals surface area contributed by atoms with E-state index in [2.05, 4.69) is 10.2 Å². The van der Waals surface area contributed by atoms with Crippen LogP contribution in [0.4, 0.5) is 0 Å². The van der Waals surface area contributed by atoms with E-state index in [-0.39, 0.29) is 11.5 Å². The van der Waals surface area contributed by atoms with Gasteiger partial charge in [-0.05, 0) is 69.5 Å². The summed E-state index contributed by atoms with van der Waals surface area (Å²) in [6.45, 7) is 1.54. The Hall–Kier alpha value is -3.35. The second-order valence-corrected chi connectivity index (χ2v) is 5.97. The molecule has 6 heteroatoms. The number of nitriles is 2. The number of nitrogens with zero attached hydrogens (tertiary/aromatic N) is 3. The maximum atomic E-state index is 12.1. The summed E-state index contributed by atoms with van der Waals surface area (Å²) in [6.07, 6.45) is 0.889. The lowest BCUT2D eigenvalue weighted by Crippen LogP contribution is -2.27. The molecule has 0 heterocycles. The molecule has 0 unspecified atom stereocenters. The monoisotopic (exact) mass is 348 g/mol. The number of amides is 1. The third kappa shape index (κ3) is 5.34. The van der Waals surface area contributed by atoms with Gasteiger partial charge in [0.1, 0.15) is 23.6 Å². The second-order valence-electron chi connectivity index (χ2n) is 5.97. The van der Waals surface area contributed by atoms with Crippen LogP contribution >= 0.6 is 0 Å². The zero-order chi connectivity index (χ0) is 18.9. The fourth-order valence-electron chi connectivity index (χ4n) is 2.29. The van der Waals surface area contributed by atoms with Gasteiger partial charge in [-0.3, -0.25) is 4.79 Å². The van der Waals surface area contributed by atoms with Gasteiger partial charge in [0.15, 0.2) is 0 Å². The minimum atomic E-state index is -0.125. The van der Waals surface area contributed by atoms with Gasteiger partial charge in [-0.25, -0.2) is 0 Å². The van der Waals surface area contributed by atoms with Crippen LogP contribution in [0.25, 0.3) is 0 Å². The molecule has 132 valence electrons. The van der Waals surface area contributed by atoms with Crippen molar-refractivity contribution in [2.24, 2.45) is 0 Å². The van der Waals surface area contributed by atoms with E-state index in [1.807, 2.05) is 26.2 Å². The summed E-state index contributed by atoms with van der Waals surface area (Å²) in [4.78, 5) is 14.1. The first-order chi connectivity index (χ1) is 12.5. The normalized spacial score (nSPS) is 10.0. The van der Waals surface area contributed by atoms with Crippen LogP contribution in [0.15, 0.2) is 42.5 Å². The minimum absolute atomic E-state index is 0.125. The molecule has 26 heavy (non-hydrogen) atoms. The van der Waals surface area contributed by atoms with Gasteiger partial charge in [-0.2, -0.15) is 10.5 Å². The number of ether oxygens (including phenoxy) is 1. The van der Waals surface area contributed by atoms with Crippen molar-refractivity contribution >= 4 is 5.91 Å². The number of carbonyl (C=O) groups is 1. The molecule has 0 saturated carbocycles. The predicted octanol–water partition coefficient (Wildman–Crippen LogP) is 2.90. The number of rotatable bonds is 7. The molecule has 0 radical (unpaired) electrons. The highest BCUT2D eigenvalue weighted by atomic mass is 16.5. The molecule has 0 aliphatic heterocycles. The molecule has 0 bridgehead atoms. The Kier molecular flexibility index (Phi) is 6.73. The van der Waals surface area contributed by atoms with E-state index in [0.717, 1.165) is 13.0 Å². The average Bonchev–Trinajstić information content (AvgIpc) is 2.65. The lowest BCUT2D eigenvalue weighted by molar-refractivity contribution is 0.0952. The lowest BCUT2D eigenvalue weighted by atomic mass is 10.1. The first kappa shape index (κ1) is 19.0. The van der Waals surface area contributed by atoms with Gasteiger partial charge in [0.2, 0.25) is 0 Å². The predicted molar refractivity (Wildman–Crippen MR) is 97.9 cm³/mol. The summed E-state index contributed by atoms with van der Waals surface area (Å²) in [6, 6.07) is 15.4. The highest BCUT2D eigenvalue weighted by Gasteiger charge is 2.07. The van der Waals surface area contributed by atoms with Crippen molar-refractivity contribution in [1.82, 2.24) is 10.2 Å². The van der Waals surface area contributed by atoms with Crippen LogP contribution in [0.2, 0.25) is 0 Å². The Balaban J connectivity index is 1.96. The molecular weight excluding hydrogens is 328 g/mol. The van der Waals surface area contributed by atoms with Crippen molar-refractivity contribution in [2.45, 2.75) is 6.42 Å². The molecule has 0 atom stereocenters. The van der Waals surface area contributed by atoms with E-state index < -0.39 is 0 Å². The fraction of sp³-hybridized carbons (Fsp3) is 0.250. The molecule has 2 rings (SSSR count). The summed E-state index contributed by atoms with van der Waals surface area (Å²) in [5.41, 5.74) is 1.12. The Labute approximate surface area is 153 Å². The van der Waals surface area contributed by atoms with Crippen molar-refractivity contribution < 1.29 is 9.53 Å². The van der Waals surface area contributed by atoms with E-state index in [1.54, 1.807) is 36.4 Å². The second kappa shape index (κ2) is 9.22. The molecule has 1 N–H and O–H groups in total. The summed E-state index contributed by atoms with van der Waals surface area (Å²) < 4.78 is 5.68. The topological polar surface area (TPSA) is 89.2 Å². The molecule has 0 aromatic heterocycles. The van der Waals surface area contributed by atoms with Crippen LogP contribution in [0.3, 0.4) is 0 Å². The average molecular weight is 348 g/mol. The van der Waals surface area contributed by atoms with Gasteiger partial charge < -0.3 is 15.0 Å². The molecule has 0 saturated heterocycles. The highest BCUT2D eigenvalue weighted by molar-refractivity contribution is 5.94. The number of hydrogen-bond acceptors (Lipinski definition) is 5. The van der Waals surface area contributed by atoms with Gasteiger partial charge in [0, 0.05) is 12.1 Å². The maximum absolute atomic E-state index is 12.1. The van der Waals surface area contributed by atoms with Gasteiger partial charge in [0.25, 0.3) is 5.91 Å². The zero-order valence-electron chi connectivity index (χ0n) is 14.8. The van der Waals surface area contributed by atoms with Crippen LogP contribution in [-0.4, -0.2) is 38.0 Å². The smallest absolute Gasteiger partial charge is 0.251 e. The molecule has 0 aliphatic rings. The van der Waals surface area contributed by atoms with Gasteiger partial charge in [-0.1, -0.05) is 0 Å². The third-order valence-electron chi connectivity index (χ3n) is 3.65. The van der Waals surface area contributed by atoms with Crippen molar-refractivity contribution in [3.8, 4) is 23.6 Å². The lowest BCUT2D eigenvalue weighted by Gasteiger charge is -2.10. The van der Waals surface area contributed by atoms with Crippen LogP contribution in [-0.2, 0) is 0 Å². The van der Waals surface area contributed by atoms with E-state index >= 15 is 0 Å². The molecule has 2 aromatic carbocycles. The Morgan fingerprint density at radius 1 is 1.04 bits per heavy atom. The number of benzene rings is 2. The van der Waals surface area contributed by atoms with Crippen molar-refractivity contribution in [3.05, 3.63) is 59.2 Å². The first-order valence-electron chi connectivity index (χ1n) is 8.18. The van der Waals surface area contributed by atoms with E-state index in [0.29, 0.717) is 29.2 Å². The maximum Gasteiger partial charge on any atom is 0.251 e. The summed E-state index contributed by atoms with van der Waals surface area (Å²) in [5, 5.41) is 20.9. The summed E-state index contributed by atoms with van der Waals surface area (Å²) in [5.74, 6) is 0.879. The van der Waals surface area contributed by atoms with E-state index in [9.17, 15) is 4.79 Å². The first-order valence-corrected chi connectivity index (χ1v) is 8.18. The molecule has 0 spiro atoms. The van der Waals surface area contributed by atoms with Crippen LogP contribution in [0, 0.1) is 22.7 Å². The SMILES string of the molecule is CN(C)CCCNC(=O)c1ccc(Oc2ccc(C#N)c(C#N)c2)cc1. The van der Waals surface area contributed by atoms with Crippen molar-refractivity contribution in [1.29, 1.82) is 10.5 Å². The standard InChI is InChI=1S/C20H20N4O2/c1-24(2)11-3-10-23-20(25)15-4-7-18(8-5-15)26-19-9-6-16(13-21)17(12-19)14-22/h4-9,12H,3,10-11H2,1-2H3,(H,23,25). The van der Waals surface area contributed by atoms with Crippen molar-refractivity contribution in [3.63, 3.8) is 0 Å². The van der Waals surface area contributed by atoms with E-state index in [4.69, 9.17) is 15.3 Å². The van der Waals surface area contributed by atoms with Crippen LogP contribution in [0.5, 0.6) is 11.5 Å². The van der Waals surface area contributed by atoms with Gasteiger partial charge >= 0.3 is 0 Å². The van der Waals surface area contributed by atoms with Crippen LogP contribution < -0.4 is 10.1 Å². The van der Waals surface area contributed by atoms with E-state index in [1.165, 1.54) is 6.07 Å². The zero-order valence-corrected chi connectivity index (χ0v) is 14.8. The fourth-order valence-corrected chi connectivity index (χ4v) is 2.29. The summed E-state index contributed by atoms with van der Waals surface area (Å²) in [7, 11) is 3.99. The molecule has 0 fully saturated rings. The molecule has 1 amide bonds. The molecule has 6 nitrogen and oxygen atoms in total. The number of carbonyl (C=O) groups excluding carboxylic acids is 1. The molecular formula is C20H20N4O2. The molecule has 2 aromatic rings. The Bertz CT molecular complexity index is 846. The largest absolute Gasteiger partial charge is 0.457 e. The third-order valence-corrected chi connectivity index (χ3v) is 3.65. The number of hydrogen-bond donors (Lipinski definition) is 1. The Morgan fingerprint density at radius 2 is 1.69 bits per heavy atom. The van der Waals surface area contributed by atoms with Crippen LogP contribution in [0.1, 0.15) is 27.9 Å². The molecule has 0 aliphatic carbocycles. The minimum Gasteiger partial charge on any atom is -0.457 e. The quantitative estimate of drug-likeness (QED) is 0.777. The number of nitrogens with one attached hydrogen (secondary N) is 1.